The molecule has 27 heavy (non-hydrogen) atoms. The minimum atomic E-state index is 0.647. The largest absolute Gasteiger partial charge is 0.494 e. The second-order valence-electron chi connectivity index (χ2n) is 6.53. The van der Waals surface area contributed by atoms with Crippen molar-refractivity contribution in [3.8, 4) is 5.75 Å². The summed E-state index contributed by atoms with van der Waals surface area (Å²) in [6, 6.07) is 24.6. The molecule has 4 nitrogen and oxygen atoms in total. The zero-order chi connectivity index (χ0) is 18.2. The number of hydrogen-bond donors (Lipinski definition) is 0. The van der Waals surface area contributed by atoms with Crippen LogP contribution in [0, 0.1) is 0 Å². The minimum absolute atomic E-state index is 0.647. The van der Waals surface area contributed by atoms with Gasteiger partial charge in [-0.25, -0.2) is 9.97 Å². The third-order valence-corrected chi connectivity index (χ3v) is 4.86. The van der Waals surface area contributed by atoms with E-state index in [2.05, 4.69) is 34.9 Å². The molecule has 0 bridgehead atoms. The zero-order valence-electron chi connectivity index (χ0n) is 15.1. The molecule has 2 aromatic heterocycles. The van der Waals surface area contributed by atoms with Crippen LogP contribution in [-0.4, -0.2) is 21.1 Å². The molecule has 3 aromatic carbocycles. The van der Waals surface area contributed by atoms with Crippen LogP contribution < -0.4 is 4.74 Å². The van der Waals surface area contributed by atoms with Crippen molar-refractivity contribution in [2.45, 2.75) is 13.5 Å². The maximum atomic E-state index is 5.83. The summed E-state index contributed by atoms with van der Waals surface area (Å²) < 4.78 is 8.07. The topological polar surface area (TPSA) is 39.9 Å². The lowest BCUT2D eigenvalue weighted by molar-refractivity contribution is 0.336. The molecule has 0 spiro atoms. The van der Waals surface area contributed by atoms with Crippen LogP contribution >= 0.6 is 0 Å². The molecule has 0 aliphatic heterocycles. The highest BCUT2D eigenvalue weighted by atomic mass is 16.5. The minimum Gasteiger partial charge on any atom is -0.494 e. The quantitative estimate of drug-likeness (QED) is 0.447. The summed E-state index contributed by atoms with van der Waals surface area (Å²) in [4.78, 5) is 9.86. The second kappa shape index (κ2) is 6.40. The SMILES string of the molecule is CCOc1ccccc1Cn1c2ccccc2c2nc3ccccc3nc21. The molecule has 5 rings (SSSR count). The normalized spacial score (nSPS) is 11.4. The number of aromatic nitrogens is 3. The lowest BCUT2D eigenvalue weighted by Gasteiger charge is -2.12. The Balaban J connectivity index is 1.79. The molecular weight excluding hydrogens is 334 g/mol. The molecule has 0 N–H and O–H groups in total. The number of fused-ring (bicyclic) bond motifs is 4. The fourth-order valence-corrected chi connectivity index (χ4v) is 3.64. The van der Waals surface area contributed by atoms with Gasteiger partial charge in [0.25, 0.3) is 0 Å². The third kappa shape index (κ3) is 2.61. The van der Waals surface area contributed by atoms with Gasteiger partial charge in [-0.2, -0.15) is 0 Å². The molecule has 0 aliphatic carbocycles. The van der Waals surface area contributed by atoms with Crippen molar-refractivity contribution >= 4 is 33.1 Å². The number of ether oxygens (including phenoxy) is 1. The van der Waals surface area contributed by atoms with Crippen molar-refractivity contribution in [3.05, 3.63) is 78.4 Å². The van der Waals surface area contributed by atoms with Gasteiger partial charge in [-0.05, 0) is 31.2 Å². The van der Waals surface area contributed by atoms with Gasteiger partial charge in [0, 0.05) is 10.9 Å². The smallest absolute Gasteiger partial charge is 0.160 e. The lowest BCUT2D eigenvalue weighted by Crippen LogP contribution is -2.04. The van der Waals surface area contributed by atoms with Crippen molar-refractivity contribution in [3.63, 3.8) is 0 Å². The molecule has 0 unspecified atom stereocenters. The molecule has 0 radical (unpaired) electrons. The van der Waals surface area contributed by atoms with Gasteiger partial charge < -0.3 is 9.30 Å². The van der Waals surface area contributed by atoms with Gasteiger partial charge in [0.1, 0.15) is 11.3 Å². The van der Waals surface area contributed by atoms with E-state index in [1.54, 1.807) is 0 Å². The van der Waals surface area contributed by atoms with Crippen molar-refractivity contribution in [2.24, 2.45) is 0 Å². The monoisotopic (exact) mass is 353 g/mol. The van der Waals surface area contributed by atoms with Crippen LogP contribution in [0.5, 0.6) is 5.75 Å². The molecule has 0 saturated heterocycles. The highest BCUT2D eigenvalue weighted by Gasteiger charge is 2.15. The first kappa shape index (κ1) is 15.8. The van der Waals surface area contributed by atoms with E-state index in [1.165, 1.54) is 0 Å². The van der Waals surface area contributed by atoms with E-state index in [4.69, 9.17) is 14.7 Å². The van der Waals surface area contributed by atoms with Gasteiger partial charge in [0.05, 0.1) is 29.7 Å². The number of rotatable bonds is 4. The zero-order valence-corrected chi connectivity index (χ0v) is 15.1. The van der Waals surface area contributed by atoms with Crippen LogP contribution in [0.3, 0.4) is 0 Å². The maximum Gasteiger partial charge on any atom is 0.160 e. The predicted molar refractivity (Wildman–Crippen MR) is 109 cm³/mol. The molecule has 132 valence electrons. The van der Waals surface area contributed by atoms with Crippen molar-refractivity contribution < 1.29 is 4.74 Å². The van der Waals surface area contributed by atoms with Gasteiger partial charge in [0.2, 0.25) is 0 Å². The average Bonchev–Trinajstić information content (AvgIpc) is 3.01. The fraction of sp³-hybridized carbons (Fsp3) is 0.130. The van der Waals surface area contributed by atoms with Gasteiger partial charge in [-0.3, -0.25) is 0 Å². The fourth-order valence-electron chi connectivity index (χ4n) is 3.64. The summed E-state index contributed by atoms with van der Waals surface area (Å²) >= 11 is 0. The first-order chi connectivity index (χ1) is 13.3. The Bertz CT molecular complexity index is 1270. The van der Waals surface area contributed by atoms with Gasteiger partial charge in [-0.1, -0.05) is 48.5 Å². The first-order valence-corrected chi connectivity index (χ1v) is 9.19. The number of hydrogen-bond acceptors (Lipinski definition) is 3. The van der Waals surface area contributed by atoms with Crippen LogP contribution in [0.1, 0.15) is 12.5 Å². The van der Waals surface area contributed by atoms with Crippen molar-refractivity contribution in [1.82, 2.24) is 14.5 Å². The van der Waals surface area contributed by atoms with Crippen LogP contribution in [0.4, 0.5) is 0 Å². The summed E-state index contributed by atoms with van der Waals surface area (Å²) in [5, 5.41) is 1.12. The Morgan fingerprint density at radius 2 is 1.52 bits per heavy atom. The Morgan fingerprint density at radius 1 is 0.815 bits per heavy atom. The molecule has 0 saturated carbocycles. The van der Waals surface area contributed by atoms with Crippen LogP contribution in [0.15, 0.2) is 72.8 Å². The highest BCUT2D eigenvalue weighted by molar-refractivity contribution is 6.06. The van der Waals surface area contributed by atoms with E-state index in [9.17, 15) is 0 Å². The summed E-state index contributed by atoms with van der Waals surface area (Å²) in [5.41, 5.74) is 5.94. The van der Waals surface area contributed by atoms with Crippen LogP contribution in [0.25, 0.3) is 33.1 Å². The molecule has 0 fully saturated rings. The predicted octanol–water partition coefficient (Wildman–Crippen LogP) is 5.18. The number of nitrogens with zero attached hydrogens (tertiary/aromatic N) is 3. The molecule has 0 atom stereocenters. The van der Waals surface area contributed by atoms with Gasteiger partial charge >= 0.3 is 0 Å². The van der Waals surface area contributed by atoms with Gasteiger partial charge in [0.15, 0.2) is 5.65 Å². The van der Waals surface area contributed by atoms with E-state index in [0.717, 1.165) is 44.4 Å². The lowest BCUT2D eigenvalue weighted by atomic mass is 10.2. The molecule has 0 amide bonds. The second-order valence-corrected chi connectivity index (χ2v) is 6.53. The highest BCUT2D eigenvalue weighted by Crippen LogP contribution is 2.30. The Labute approximate surface area is 157 Å². The Morgan fingerprint density at radius 3 is 2.37 bits per heavy atom. The van der Waals surface area contributed by atoms with Crippen molar-refractivity contribution in [2.75, 3.05) is 6.61 Å². The summed E-state index contributed by atoms with van der Waals surface area (Å²) in [7, 11) is 0. The van der Waals surface area contributed by atoms with E-state index in [-0.39, 0.29) is 0 Å². The Hall–Kier alpha value is -3.40. The molecule has 4 heteroatoms. The third-order valence-electron chi connectivity index (χ3n) is 4.86. The summed E-state index contributed by atoms with van der Waals surface area (Å²) in [6.45, 7) is 3.34. The Kier molecular flexibility index (Phi) is 3.75. The van der Waals surface area contributed by atoms with Crippen molar-refractivity contribution in [1.29, 1.82) is 0 Å². The molecule has 5 aromatic rings. The van der Waals surface area contributed by atoms with E-state index in [0.29, 0.717) is 13.2 Å². The maximum absolute atomic E-state index is 5.83. The summed E-state index contributed by atoms with van der Waals surface area (Å²) in [6.07, 6.45) is 0. The standard InChI is InChI=1S/C23H19N3O/c1-2-27-21-14-8-3-9-16(21)15-26-20-13-7-4-10-17(20)22-23(26)25-19-12-6-5-11-18(19)24-22/h3-14H,2,15H2,1H3. The molecule has 0 aliphatic rings. The number of para-hydroxylation sites is 4. The first-order valence-electron chi connectivity index (χ1n) is 9.19. The van der Waals surface area contributed by atoms with Crippen LogP contribution in [0.2, 0.25) is 0 Å². The van der Waals surface area contributed by atoms with Crippen LogP contribution in [-0.2, 0) is 6.54 Å². The van der Waals surface area contributed by atoms with E-state index < -0.39 is 0 Å². The molecular formula is C23H19N3O. The number of benzene rings is 3. The van der Waals surface area contributed by atoms with Gasteiger partial charge in [-0.15, -0.1) is 0 Å². The van der Waals surface area contributed by atoms with E-state index >= 15 is 0 Å². The molecule has 2 heterocycles. The average molecular weight is 353 g/mol. The van der Waals surface area contributed by atoms with E-state index in [1.807, 2.05) is 49.4 Å². The summed E-state index contributed by atoms with van der Waals surface area (Å²) in [5.74, 6) is 0.916.